The number of benzene rings is 2. The molecule has 0 amide bonds. The normalized spacial score (nSPS) is 11.1. The van der Waals surface area contributed by atoms with Crippen LogP contribution in [0.15, 0.2) is 15.3 Å². The van der Waals surface area contributed by atoms with Crippen LogP contribution >= 0.6 is 0 Å². The third-order valence-corrected chi connectivity index (χ3v) is 4.06. The summed E-state index contributed by atoms with van der Waals surface area (Å²) in [6, 6.07) is 1.22. The number of rotatable bonds is 2. The Kier molecular flexibility index (Phi) is 3.38. The zero-order valence-corrected chi connectivity index (χ0v) is 13.2. The van der Waals surface area contributed by atoms with E-state index >= 15 is 0 Å². The van der Waals surface area contributed by atoms with Gasteiger partial charge in [-0.25, -0.2) is 14.6 Å². The fourth-order valence-electron chi connectivity index (χ4n) is 2.66. The molecule has 1 aromatic carbocycles. The molecule has 1 aliphatic heterocycles. The molecule has 0 bridgehead atoms. The number of aryl methyl sites for hydroxylation is 1. The van der Waals surface area contributed by atoms with E-state index in [1.807, 2.05) is 0 Å². The van der Waals surface area contributed by atoms with Gasteiger partial charge in [0.15, 0.2) is 11.3 Å². The highest BCUT2D eigenvalue weighted by Gasteiger charge is 2.29. The van der Waals surface area contributed by atoms with Gasteiger partial charge in [0.05, 0.1) is 11.3 Å². The van der Waals surface area contributed by atoms with E-state index in [1.54, 1.807) is 6.92 Å². The molecule has 0 saturated carbocycles. The maximum absolute atomic E-state index is 12.2. The third kappa shape index (κ3) is 2.17. The topological polar surface area (TPSA) is 170 Å². The Balaban J connectivity index is 2.67. The van der Waals surface area contributed by atoms with Gasteiger partial charge in [-0.3, -0.25) is 4.79 Å². The average Bonchev–Trinajstić information content (AvgIpc) is 2.54. The van der Waals surface area contributed by atoms with Crippen LogP contribution in [0, 0.1) is 13.8 Å². The van der Waals surface area contributed by atoms with Crippen LogP contribution in [0.3, 0.4) is 0 Å². The molecule has 1 heterocycles. The third-order valence-electron chi connectivity index (χ3n) is 4.06. The summed E-state index contributed by atoms with van der Waals surface area (Å²) in [5, 5.41) is 18.8. The molecule has 0 radical (unpaired) electrons. The van der Waals surface area contributed by atoms with Gasteiger partial charge in [-0.15, -0.1) is 0 Å². The monoisotopic (exact) mass is 343 g/mol. The van der Waals surface area contributed by atoms with Crippen molar-refractivity contribution in [3.05, 3.63) is 38.5 Å². The molecule has 0 saturated heterocycles. The summed E-state index contributed by atoms with van der Waals surface area (Å²) in [6.45, 7) is 3.02. The summed E-state index contributed by atoms with van der Waals surface area (Å²) in [5.41, 5.74) is 9.97. The number of hydrogen-bond acceptors (Lipinski definition) is 7. The van der Waals surface area contributed by atoms with Crippen LogP contribution in [0.5, 0.6) is 0 Å². The van der Waals surface area contributed by atoms with E-state index in [4.69, 9.17) is 15.9 Å². The van der Waals surface area contributed by atoms with Crippen LogP contribution in [0.4, 0.5) is 11.4 Å². The summed E-state index contributed by atoms with van der Waals surface area (Å²) in [7, 11) is 0. The van der Waals surface area contributed by atoms with Gasteiger partial charge >= 0.3 is 11.9 Å². The smallest absolute Gasteiger partial charge is 0.340 e. The Morgan fingerprint density at radius 1 is 1.12 bits per heavy atom. The van der Waals surface area contributed by atoms with Crippen molar-refractivity contribution >= 4 is 34.4 Å². The number of nitrogens with zero attached hydrogens (tertiary/aromatic N) is 1. The molecule has 128 valence electrons. The summed E-state index contributed by atoms with van der Waals surface area (Å²) in [6.07, 6.45) is 0. The lowest BCUT2D eigenvalue weighted by molar-refractivity contribution is 0.0688. The van der Waals surface area contributed by atoms with Gasteiger partial charge in [0.1, 0.15) is 16.8 Å². The summed E-state index contributed by atoms with van der Waals surface area (Å²) in [4.78, 5) is 39.4. The Morgan fingerprint density at radius 2 is 1.76 bits per heavy atom. The summed E-state index contributed by atoms with van der Waals surface area (Å²) >= 11 is 0. The Labute approximate surface area is 139 Å². The van der Waals surface area contributed by atoms with Crippen molar-refractivity contribution < 1.29 is 24.2 Å². The van der Waals surface area contributed by atoms with Crippen LogP contribution < -0.4 is 16.9 Å². The van der Waals surface area contributed by atoms with Gasteiger partial charge < -0.3 is 26.1 Å². The van der Waals surface area contributed by atoms with E-state index in [2.05, 4.69) is 4.98 Å². The van der Waals surface area contributed by atoms with Gasteiger partial charge in [-0.2, -0.15) is 0 Å². The van der Waals surface area contributed by atoms with Gasteiger partial charge in [-0.1, -0.05) is 0 Å². The second-order valence-corrected chi connectivity index (χ2v) is 5.56. The highest BCUT2D eigenvalue weighted by Crippen LogP contribution is 2.35. The Morgan fingerprint density at radius 3 is 2.32 bits per heavy atom. The van der Waals surface area contributed by atoms with Crippen LogP contribution in [0.2, 0.25) is 0 Å². The van der Waals surface area contributed by atoms with Crippen molar-refractivity contribution in [3.63, 3.8) is 0 Å². The number of hydrogen-bond donors (Lipinski definition) is 4. The molecular weight excluding hydrogens is 330 g/mol. The van der Waals surface area contributed by atoms with Crippen molar-refractivity contribution in [2.45, 2.75) is 13.8 Å². The number of aromatic nitrogens is 1. The number of nitrogens with two attached hydrogens (primary N) is 2. The van der Waals surface area contributed by atoms with Crippen LogP contribution in [-0.4, -0.2) is 27.1 Å². The van der Waals surface area contributed by atoms with Gasteiger partial charge in [-0.05, 0) is 19.9 Å². The first kappa shape index (κ1) is 16.2. The predicted molar refractivity (Wildman–Crippen MR) is 89.1 cm³/mol. The minimum atomic E-state index is -1.47. The van der Waals surface area contributed by atoms with Gasteiger partial charge in [0.2, 0.25) is 5.43 Å². The minimum Gasteiger partial charge on any atom is -0.478 e. The largest absolute Gasteiger partial charge is 0.478 e. The molecule has 1 aromatic rings. The van der Waals surface area contributed by atoms with Crippen LogP contribution in [-0.2, 0) is 0 Å². The van der Waals surface area contributed by atoms with Crippen molar-refractivity contribution in [2.24, 2.45) is 0 Å². The maximum Gasteiger partial charge on any atom is 0.340 e. The first-order chi connectivity index (χ1) is 11.6. The number of nitrogen functional groups attached to an aromatic ring is 2. The molecule has 3 rings (SSSR count). The van der Waals surface area contributed by atoms with E-state index in [0.29, 0.717) is 5.56 Å². The van der Waals surface area contributed by atoms with Gasteiger partial charge in [0.25, 0.3) is 0 Å². The molecule has 0 unspecified atom stereocenters. The lowest BCUT2D eigenvalue weighted by Gasteiger charge is -2.15. The second kappa shape index (κ2) is 5.20. The summed E-state index contributed by atoms with van der Waals surface area (Å²) < 4.78 is 5.68. The molecule has 1 aliphatic carbocycles. The second-order valence-electron chi connectivity index (χ2n) is 5.56. The number of carboxylic acids is 2. The van der Waals surface area contributed by atoms with E-state index < -0.39 is 28.6 Å². The number of aromatic carboxylic acids is 2. The van der Waals surface area contributed by atoms with Crippen LogP contribution in [0.25, 0.3) is 22.6 Å². The first-order valence-corrected chi connectivity index (χ1v) is 7.07. The first-order valence-electron chi connectivity index (χ1n) is 7.07. The molecule has 25 heavy (non-hydrogen) atoms. The van der Waals surface area contributed by atoms with Crippen molar-refractivity contribution in [1.82, 2.24) is 4.98 Å². The SMILES string of the molecule is Cc1c2oc3c(C)c(N)cc(C(=O)O)c3nc-2c(C(=O)O)c(N)c1=O. The average molecular weight is 343 g/mol. The number of fused-ring (bicyclic) bond motifs is 2. The van der Waals surface area contributed by atoms with Gasteiger partial charge in [0, 0.05) is 16.8 Å². The molecule has 0 atom stereocenters. The van der Waals surface area contributed by atoms with Crippen molar-refractivity contribution in [3.8, 4) is 11.5 Å². The molecule has 6 N–H and O–H groups in total. The molecular formula is C16H13N3O6. The summed E-state index contributed by atoms with van der Waals surface area (Å²) in [5.74, 6) is -2.85. The minimum absolute atomic E-state index is 0.0634. The highest BCUT2D eigenvalue weighted by atomic mass is 16.4. The Bertz CT molecular complexity index is 1120. The van der Waals surface area contributed by atoms with E-state index in [0.717, 1.165) is 0 Å². The van der Waals surface area contributed by atoms with E-state index in [1.165, 1.54) is 13.0 Å². The van der Waals surface area contributed by atoms with Crippen LogP contribution in [0.1, 0.15) is 31.8 Å². The number of anilines is 2. The van der Waals surface area contributed by atoms with Crippen molar-refractivity contribution in [2.75, 3.05) is 11.5 Å². The number of carbonyl (C=O) groups is 2. The predicted octanol–water partition coefficient (Wildman–Crippen LogP) is 1.47. The molecule has 9 heteroatoms. The quantitative estimate of drug-likeness (QED) is 0.397. The standard InChI is InChI=1S/C16H13N3O6/c1-4-7(17)3-6(15(21)22)10-13(4)25-14-5(2)12(20)9(18)8(16(23)24)11(14)19-10/h3H,17-18H2,1-2H3,(H,21,22)(H,23,24). The van der Waals surface area contributed by atoms with E-state index in [9.17, 15) is 24.6 Å². The lowest BCUT2D eigenvalue weighted by atomic mass is 10.00. The van der Waals surface area contributed by atoms with E-state index in [-0.39, 0.29) is 39.4 Å². The number of carboxylic acid groups (broad SMARTS) is 2. The fourth-order valence-corrected chi connectivity index (χ4v) is 2.66. The molecule has 0 aromatic heterocycles. The lowest BCUT2D eigenvalue weighted by Crippen LogP contribution is -2.20. The molecule has 9 nitrogen and oxygen atoms in total. The van der Waals surface area contributed by atoms with Crippen molar-refractivity contribution in [1.29, 1.82) is 0 Å². The fraction of sp³-hybridized carbons (Fsp3) is 0.125. The molecule has 0 spiro atoms. The molecule has 0 fully saturated rings. The zero-order valence-electron chi connectivity index (χ0n) is 13.2. The maximum atomic E-state index is 12.2. The Hall–Kier alpha value is -3.62. The molecule has 2 aliphatic rings. The zero-order chi connectivity index (χ0) is 18.6. The highest BCUT2D eigenvalue weighted by molar-refractivity contribution is 6.06.